The van der Waals surface area contributed by atoms with E-state index in [-0.39, 0.29) is 11.5 Å². The first kappa shape index (κ1) is 11.5. The van der Waals surface area contributed by atoms with E-state index >= 15 is 0 Å². The zero-order valence-corrected chi connectivity index (χ0v) is 10.3. The standard InChI is InChI=1S/C15H16O2/c1-9-4-6-12(7-5-9)13-10(2)8-11(3)14(16)15(13)17/h4-8,16-17H,1-3H3. The van der Waals surface area contributed by atoms with Crippen molar-refractivity contribution in [3.05, 3.63) is 47.0 Å². The first-order valence-corrected chi connectivity index (χ1v) is 5.60. The van der Waals surface area contributed by atoms with Gasteiger partial charge in [0.05, 0.1) is 0 Å². The minimum atomic E-state index is -0.0359. The molecular weight excluding hydrogens is 212 g/mol. The second kappa shape index (κ2) is 4.13. The van der Waals surface area contributed by atoms with E-state index in [2.05, 4.69) is 0 Å². The van der Waals surface area contributed by atoms with Crippen LogP contribution in [0.15, 0.2) is 30.3 Å². The third-order valence-electron chi connectivity index (χ3n) is 3.00. The van der Waals surface area contributed by atoms with Crippen LogP contribution in [-0.2, 0) is 0 Å². The van der Waals surface area contributed by atoms with E-state index in [1.54, 1.807) is 6.92 Å². The molecule has 0 amide bonds. The first-order chi connectivity index (χ1) is 8.00. The molecule has 0 radical (unpaired) electrons. The maximum absolute atomic E-state index is 10.0. The molecule has 2 aromatic carbocycles. The molecule has 17 heavy (non-hydrogen) atoms. The van der Waals surface area contributed by atoms with Gasteiger partial charge in [0.2, 0.25) is 0 Å². The Kier molecular flexibility index (Phi) is 2.80. The van der Waals surface area contributed by atoms with Gasteiger partial charge in [-0.3, -0.25) is 0 Å². The Morgan fingerprint density at radius 1 is 0.765 bits per heavy atom. The van der Waals surface area contributed by atoms with Crippen molar-refractivity contribution in [1.82, 2.24) is 0 Å². The van der Waals surface area contributed by atoms with Gasteiger partial charge < -0.3 is 10.2 Å². The summed E-state index contributed by atoms with van der Waals surface area (Å²) in [5.41, 5.74) is 4.44. The lowest BCUT2D eigenvalue weighted by atomic mass is 9.96. The molecule has 2 heteroatoms. The molecule has 0 spiro atoms. The van der Waals surface area contributed by atoms with Gasteiger partial charge in [-0.15, -0.1) is 0 Å². The highest BCUT2D eigenvalue weighted by Crippen LogP contribution is 2.41. The molecule has 0 bridgehead atoms. The summed E-state index contributed by atoms with van der Waals surface area (Å²) in [4.78, 5) is 0. The number of hydrogen-bond acceptors (Lipinski definition) is 2. The van der Waals surface area contributed by atoms with Crippen LogP contribution in [0.3, 0.4) is 0 Å². The second-order valence-corrected chi connectivity index (χ2v) is 4.45. The number of aromatic hydroxyl groups is 2. The summed E-state index contributed by atoms with van der Waals surface area (Å²) in [5.74, 6) is -0.0717. The van der Waals surface area contributed by atoms with E-state index in [1.165, 1.54) is 5.56 Å². The molecule has 2 rings (SSSR count). The van der Waals surface area contributed by atoms with E-state index in [4.69, 9.17) is 0 Å². The van der Waals surface area contributed by atoms with Crippen molar-refractivity contribution < 1.29 is 10.2 Å². The third-order valence-corrected chi connectivity index (χ3v) is 3.00. The van der Waals surface area contributed by atoms with Crippen LogP contribution in [0.5, 0.6) is 11.5 Å². The first-order valence-electron chi connectivity index (χ1n) is 5.60. The van der Waals surface area contributed by atoms with Crippen LogP contribution in [0.4, 0.5) is 0 Å². The Bertz CT molecular complexity index is 554. The molecular formula is C15H16O2. The Morgan fingerprint density at radius 3 is 1.94 bits per heavy atom. The summed E-state index contributed by atoms with van der Waals surface area (Å²) in [6, 6.07) is 9.76. The summed E-state index contributed by atoms with van der Waals surface area (Å²) in [6.07, 6.45) is 0. The van der Waals surface area contributed by atoms with Gasteiger partial charge in [0.25, 0.3) is 0 Å². The van der Waals surface area contributed by atoms with Crippen LogP contribution < -0.4 is 0 Å². The lowest BCUT2D eigenvalue weighted by molar-refractivity contribution is 0.402. The van der Waals surface area contributed by atoms with E-state index < -0.39 is 0 Å². The molecule has 2 N–H and O–H groups in total. The van der Waals surface area contributed by atoms with Gasteiger partial charge in [-0.25, -0.2) is 0 Å². The summed E-state index contributed by atoms with van der Waals surface area (Å²) in [6.45, 7) is 5.73. The van der Waals surface area contributed by atoms with Crippen molar-refractivity contribution in [3.8, 4) is 22.6 Å². The van der Waals surface area contributed by atoms with Gasteiger partial charge in [-0.05, 0) is 37.5 Å². The number of hydrogen-bond donors (Lipinski definition) is 2. The maximum Gasteiger partial charge on any atom is 0.165 e. The molecule has 2 aromatic rings. The number of benzene rings is 2. The van der Waals surface area contributed by atoms with E-state index in [9.17, 15) is 10.2 Å². The molecule has 0 aliphatic heterocycles. The Hall–Kier alpha value is -1.96. The molecule has 0 heterocycles. The molecule has 0 unspecified atom stereocenters. The summed E-state index contributed by atoms with van der Waals surface area (Å²) < 4.78 is 0. The zero-order valence-electron chi connectivity index (χ0n) is 10.3. The Morgan fingerprint density at radius 2 is 1.35 bits per heavy atom. The summed E-state index contributed by atoms with van der Waals surface area (Å²) >= 11 is 0. The molecule has 0 saturated carbocycles. The van der Waals surface area contributed by atoms with Gasteiger partial charge in [-0.2, -0.15) is 0 Å². The third kappa shape index (κ3) is 1.98. The average molecular weight is 228 g/mol. The molecule has 0 aliphatic carbocycles. The number of phenols is 2. The lowest BCUT2D eigenvalue weighted by Crippen LogP contribution is -1.88. The summed E-state index contributed by atoms with van der Waals surface area (Å²) in [7, 11) is 0. The topological polar surface area (TPSA) is 40.5 Å². The number of rotatable bonds is 1. The van der Waals surface area contributed by atoms with Gasteiger partial charge in [0.1, 0.15) is 0 Å². The van der Waals surface area contributed by atoms with Crippen molar-refractivity contribution in [2.45, 2.75) is 20.8 Å². The van der Waals surface area contributed by atoms with Crippen LogP contribution in [0.25, 0.3) is 11.1 Å². The number of phenolic OH excluding ortho intramolecular Hbond substituents is 2. The maximum atomic E-state index is 10.0. The quantitative estimate of drug-likeness (QED) is 0.731. The molecule has 88 valence electrons. The SMILES string of the molecule is Cc1ccc(-c2c(C)cc(C)c(O)c2O)cc1. The van der Waals surface area contributed by atoms with Gasteiger partial charge >= 0.3 is 0 Å². The van der Waals surface area contributed by atoms with E-state index in [1.807, 2.05) is 44.2 Å². The van der Waals surface area contributed by atoms with Crippen molar-refractivity contribution in [1.29, 1.82) is 0 Å². The summed E-state index contributed by atoms with van der Waals surface area (Å²) in [5, 5.41) is 19.8. The minimum Gasteiger partial charge on any atom is -0.504 e. The largest absolute Gasteiger partial charge is 0.504 e. The van der Waals surface area contributed by atoms with Gasteiger partial charge in [0.15, 0.2) is 11.5 Å². The minimum absolute atomic E-state index is 0.0358. The van der Waals surface area contributed by atoms with E-state index in [0.717, 1.165) is 11.1 Å². The highest BCUT2D eigenvalue weighted by Gasteiger charge is 2.14. The molecule has 2 nitrogen and oxygen atoms in total. The number of aryl methyl sites for hydroxylation is 3. The smallest absolute Gasteiger partial charge is 0.165 e. The van der Waals surface area contributed by atoms with Crippen LogP contribution >= 0.6 is 0 Å². The fraction of sp³-hybridized carbons (Fsp3) is 0.200. The van der Waals surface area contributed by atoms with E-state index in [0.29, 0.717) is 11.1 Å². The van der Waals surface area contributed by atoms with Crippen molar-refractivity contribution in [3.63, 3.8) is 0 Å². The highest BCUT2D eigenvalue weighted by molar-refractivity contribution is 5.77. The highest BCUT2D eigenvalue weighted by atomic mass is 16.3. The van der Waals surface area contributed by atoms with Crippen molar-refractivity contribution in [2.24, 2.45) is 0 Å². The van der Waals surface area contributed by atoms with Crippen LogP contribution in [0.1, 0.15) is 16.7 Å². The molecule has 0 saturated heterocycles. The molecule has 0 aliphatic rings. The lowest BCUT2D eigenvalue weighted by Gasteiger charge is -2.12. The zero-order chi connectivity index (χ0) is 12.6. The molecule has 0 atom stereocenters. The van der Waals surface area contributed by atoms with Crippen LogP contribution in [0, 0.1) is 20.8 Å². The van der Waals surface area contributed by atoms with Gasteiger partial charge in [0, 0.05) is 5.56 Å². The predicted molar refractivity (Wildman–Crippen MR) is 69.4 cm³/mol. The van der Waals surface area contributed by atoms with Gasteiger partial charge in [-0.1, -0.05) is 35.9 Å². The van der Waals surface area contributed by atoms with Crippen LogP contribution in [-0.4, -0.2) is 10.2 Å². The molecule has 0 fully saturated rings. The Labute approximate surface area is 101 Å². The predicted octanol–water partition coefficient (Wildman–Crippen LogP) is 3.69. The Balaban J connectivity index is 2.67. The molecule has 0 aromatic heterocycles. The van der Waals surface area contributed by atoms with Crippen molar-refractivity contribution >= 4 is 0 Å². The fourth-order valence-corrected chi connectivity index (χ4v) is 2.04. The van der Waals surface area contributed by atoms with Crippen LogP contribution in [0.2, 0.25) is 0 Å². The van der Waals surface area contributed by atoms with Crippen molar-refractivity contribution in [2.75, 3.05) is 0 Å². The normalized spacial score (nSPS) is 10.5. The monoisotopic (exact) mass is 228 g/mol. The second-order valence-electron chi connectivity index (χ2n) is 4.45. The fourth-order valence-electron chi connectivity index (χ4n) is 2.04. The average Bonchev–Trinajstić information content (AvgIpc) is 2.29.